The van der Waals surface area contributed by atoms with Gasteiger partial charge in [-0.3, -0.25) is 9.59 Å². The number of amides is 2. The number of benzene rings is 1. The van der Waals surface area contributed by atoms with Gasteiger partial charge in [-0.15, -0.1) is 0 Å². The quantitative estimate of drug-likeness (QED) is 0.867. The Morgan fingerprint density at radius 3 is 2.90 bits per heavy atom. The highest BCUT2D eigenvalue weighted by Gasteiger charge is 2.31. The van der Waals surface area contributed by atoms with Gasteiger partial charge >= 0.3 is 0 Å². The van der Waals surface area contributed by atoms with E-state index in [0.717, 1.165) is 18.4 Å². The van der Waals surface area contributed by atoms with Crippen molar-refractivity contribution < 1.29 is 14.7 Å². The van der Waals surface area contributed by atoms with Crippen LogP contribution in [0, 0.1) is 0 Å². The average Bonchev–Trinajstić information content (AvgIpc) is 2.46. The second-order valence-electron chi connectivity index (χ2n) is 5.06. The predicted octanol–water partition coefficient (Wildman–Crippen LogP) is 1.06. The number of likely N-dealkylation sites (N-methyl/N-ethyl adjacent to an activating group) is 1. The molecule has 1 atom stereocenters. The Balaban J connectivity index is 2.08. The summed E-state index contributed by atoms with van der Waals surface area (Å²) in [5, 5.41) is 12.0. The molecule has 0 aliphatic carbocycles. The zero-order valence-corrected chi connectivity index (χ0v) is 11.6. The molecular weight excluding hydrogens is 256 g/mol. The molecule has 1 aromatic carbocycles. The van der Waals surface area contributed by atoms with Crippen LogP contribution in [0.4, 0.5) is 0 Å². The molecule has 0 saturated carbocycles. The van der Waals surface area contributed by atoms with Crippen molar-refractivity contribution in [3.8, 4) is 5.75 Å². The molecule has 5 heteroatoms. The minimum atomic E-state index is -0.362. The number of likely N-dealkylation sites (tertiary alicyclic amines) is 1. The molecule has 0 aromatic heterocycles. The first-order valence-electron chi connectivity index (χ1n) is 6.91. The van der Waals surface area contributed by atoms with Crippen molar-refractivity contribution in [1.82, 2.24) is 10.2 Å². The summed E-state index contributed by atoms with van der Waals surface area (Å²) in [6, 6.07) is 6.30. The van der Waals surface area contributed by atoms with Gasteiger partial charge in [0.2, 0.25) is 11.8 Å². The van der Waals surface area contributed by atoms with Crippen molar-refractivity contribution in [2.75, 3.05) is 13.6 Å². The standard InChI is InChI=1S/C15H20N2O3/c1-16-15(20)13-7-2-3-8-17(13)14(19)10-11-5-4-6-12(18)9-11/h4-6,9,13,18H,2-3,7-8,10H2,1H3,(H,16,20). The highest BCUT2D eigenvalue weighted by atomic mass is 16.3. The first-order valence-corrected chi connectivity index (χ1v) is 6.91. The van der Waals surface area contributed by atoms with Crippen LogP contribution in [0.2, 0.25) is 0 Å². The van der Waals surface area contributed by atoms with Crippen LogP contribution in [-0.2, 0) is 16.0 Å². The molecule has 0 spiro atoms. The third kappa shape index (κ3) is 3.29. The van der Waals surface area contributed by atoms with Gasteiger partial charge in [-0.1, -0.05) is 12.1 Å². The maximum atomic E-state index is 12.4. The molecule has 108 valence electrons. The minimum Gasteiger partial charge on any atom is -0.508 e. The van der Waals surface area contributed by atoms with Gasteiger partial charge in [0.1, 0.15) is 11.8 Å². The number of nitrogens with zero attached hydrogens (tertiary/aromatic N) is 1. The second-order valence-corrected chi connectivity index (χ2v) is 5.06. The van der Waals surface area contributed by atoms with E-state index in [2.05, 4.69) is 5.32 Å². The van der Waals surface area contributed by atoms with E-state index >= 15 is 0 Å². The van der Waals surface area contributed by atoms with Crippen LogP contribution in [0.15, 0.2) is 24.3 Å². The number of phenolic OH excluding ortho intramolecular Hbond substituents is 1. The van der Waals surface area contributed by atoms with Crippen LogP contribution in [0.5, 0.6) is 5.75 Å². The summed E-state index contributed by atoms with van der Waals surface area (Å²) < 4.78 is 0. The molecule has 0 radical (unpaired) electrons. The summed E-state index contributed by atoms with van der Waals surface area (Å²) in [4.78, 5) is 25.9. The van der Waals surface area contributed by atoms with Crippen molar-refractivity contribution in [1.29, 1.82) is 0 Å². The second kappa shape index (κ2) is 6.41. The summed E-state index contributed by atoms with van der Waals surface area (Å²) in [6.45, 7) is 0.621. The Morgan fingerprint density at radius 2 is 2.20 bits per heavy atom. The highest BCUT2D eigenvalue weighted by Crippen LogP contribution is 2.19. The third-order valence-electron chi connectivity index (χ3n) is 3.64. The van der Waals surface area contributed by atoms with Crippen molar-refractivity contribution in [3.63, 3.8) is 0 Å². The average molecular weight is 276 g/mol. The van der Waals surface area contributed by atoms with Crippen LogP contribution in [0.3, 0.4) is 0 Å². The van der Waals surface area contributed by atoms with Crippen LogP contribution < -0.4 is 5.32 Å². The normalized spacial score (nSPS) is 18.6. The fourth-order valence-corrected chi connectivity index (χ4v) is 2.61. The van der Waals surface area contributed by atoms with Crippen molar-refractivity contribution in [3.05, 3.63) is 29.8 Å². The number of rotatable bonds is 3. The highest BCUT2D eigenvalue weighted by molar-refractivity contribution is 5.88. The molecular formula is C15H20N2O3. The summed E-state index contributed by atoms with van der Waals surface area (Å²) in [5.41, 5.74) is 0.760. The topological polar surface area (TPSA) is 69.6 Å². The summed E-state index contributed by atoms with van der Waals surface area (Å²) >= 11 is 0. The lowest BCUT2D eigenvalue weighted by molar-refractivity contribution is -0.141. The zero-order chi connectivity index (χ0) is 14.5. The van der Waals surface area contributed by atoms with Gasteiger partial charge in [-0.25, -0.2) is 0 Å². The predicted molar refractivity (Wildman–Crippen MR) is 75.2 cm³/mol. The SMILES string of the molecule is CNC(=O)C1CCCCN1C(=O)Cc1cccc(O)c1. The number of hydrogen-bond acceptors (Lipinski definition) is 3. The van der Waals surface area contributed by atoms with E-state index in [0.29, 0.717) is 13.0 Å². The molecule has 1 heterocycles. The zero-order valence-electron chi connectivity index (χ0n) is 11.6. The fraction of sp³-hybridized carbons (Fsp3) is 0.467. The van der Waals surface area contributed by atoms with Gasteiger partial charge < -0.3 is 15.3 Å². The maximum Gasteiger partial charge on any atom is 0.242 e. The summed E-state index contributed by atoms with van der Waals surface area (Å²) in [5.74, 6) is -0.0188. The molecule has 1 unspecified atom stereocenters. The molecule has 1 aliphatic heterocycles. The van der Waals surface area contributed by atoms with Crippen LogP contribution in [-0.4, -0.2) is 41.5 Å². The number of hydrogen-bond donors (Lipinski definition) is 2. The molecule has 1 aromatic rings. The van der Waals surface area contributed by atoms with Crippen molar-refractivity contribution in [2.24, 2.45) is 0 Å². The lowest BCUT2D eigenvalue weighted by Crippen LogP contribution is -2.51. The van der Waals surface area contributed by atoms with Gasteiger partial charge in [-0.05, 0) is 37.0 Å². The largest absolute Gasteiger partial charge is 0.508 e. The molecule has 1 saturated heterocycles. The van der Waals surface area contributed by atoms with E-state index < -0.39 is 0 Å². The number of aromatic hydroxyl groups is 1. The number of carbonyl (C=O) groups is 2. The van der Waals surface area contributed by atoms with Crippen LogP contribution in [0.25, 0.3) is 0 Å². The molecule has 1 aliphatic rings. The number of nitrogens with one attached hydrogen (secondary N) is 1. The van der Waals surface area contributed by atoms with Crippen LogP contribution >= 0.6 is 0 Å². The number of piperidine rings is 1. The first kappa shape index (κ1) is 14.4. The number of carbonyl (C=O) groups excluding carboxylic acids is 2. The Bertz CT molecular complexity index is 502. The van der Waals surface area contributed by atoms with Crippen molar-refractivity contribution in [2.45, 2.75) is 31.7 Å². The van der Waals surface area contributed by atoms with E-state index in [-0.39, 0.29) is 30.0 Å². The summed E-state index contributed by atoms with van der Waals surface area (Å²) in [6.07, 6.45) is 2.82. The number of phenols is 1. The molecule has 0 bridgehead atoms. The Hall–Kier alpha value is -2.04. The molecule has 2 rings (SSSR count). The monoisotopic (exact) mass is 276 g/mol. The first-order chi connectivity index (χ1) is 9.61. The van der Waals surface area contributed by atoms with Crippen molar-refractivity contribution >= 4 is 11.8 Å². The van der Waals surface area contributed by atoms with E-state index in [1.807, 2.05) is 0 Å². The van der Waals surface area contributed by atoms with Crippen LogP contribution in [0.1, 0.15) is 24.8 Å². The smallest absolute Gasteiger partial charge is 0.242 e. The maximum absolute atomic E-state index is 12.4. The van der Waals surface area contributed by atoms with E-state index in [9.17, 15) is 14.7 Å². The minimum absolute atomic E-state index is 0.0658. The molecule has 2 N–H and O–H groups in total. The molecule has 2 amide bonds. The lowest BCUT2D eigenvalue weighted by Gasteiger charge is -2.34. The van der Waals surface area contributed by atoms with Gasteiger partial charge in [-0.2, -0.15) is 0 Å². The lowest BCUT2D eigenvalue weighted by atomic mass is 10.00. The molecule has 1 fully saturated rings. The summed E-state index contributed by atoms with van der Waals surface area (Å²) in [7, 11) is 1.59. The fourth-order valence-electron chi connectivity index (χ4n) is 2.61. The van der Waals surface area contributed by atoms with Gasteiger partial charge in [0.25, 0.3) is 0 Å². The molecule has 5 nitrogen and oxygen atoms in total. The Morgan fingerprint density at radius 1 is 1.40 bits per heavy atom. The van der Waals surface area contributed by atoms with Gasteiger partial charge in [0, 0.05) is 13.6 Å². The third-order valence-corrected chi connectivity index (χ3v) is 3.64. The van der Waals surface area contributed by atoms with E-state index in [4.69, 9.17) is 0 Å². The molecule has 20 heavy (non-hydrogen) atoms. The Kier molecular flexibility index (Phi) is 4.61. The van der Waals surface area contributed by atoms with Gasteiger partial charge in [0.15, 0.2) is 0 Å². The Labute approximate surface area is 118 Å². The van der Waals surface area contributed by atoms with E-state index in [1.165, 1.54) is 0 Å². The van der Waals surface area contributed by atoms with E-state index in [1.54, 1.807) is 36.2 Å². The van der Waals surface area contributed by atoms with Gasteiger partial charge in [0.05, 0.1) is 6.42 Å².